The van der Waals surface area contributed by atoms with Crippen LogP contribution in [0.1, 0.15) is 5.69 Å². The molecule has 0 spiro atoms. The average Bonchev–Trinajstić information content (AvgIpc) is 2.02. The lowest BCUT2D eigenvalue weighted by atomic mass is 10.2. The van der Waals surface area contributed by atoms with Crippen molar-refractivity contribution in [2.75, 3.05) is 5.73 Å². The standard InChI is InChI=1S/C9H8FN3/c1-5-7-3-2-6(10)4-8(7)13-9(11)12-5/h2-4H,1H3,(H2,11,12,13). The topological polar surface area (TPSA) is 51.8 Å². The van der Waals surface area contributed by atoms with Crippen molar-refractivity contribution in [3.05, 3.63) is 29.7 Å². The Morgan fingerprint density at radius 3 is 2.85 bits per heavy atom. The molecule has 0 aliphatic heterocycles. The van der Waals surface area contributed by atoms with Gasteiger partial charge in [0.25, 0.3) is 0 Å². The first-order valence-corrected chi connectivity index (χ1v) is 3.86. The van der Waals surface area contributed by atoms with Crippen LogP contribution in [0.25, 0.3) is 10.9 Å². The van der Waals surface area contributed by atoms with E-state index in [1.165, 1.54) is 12.1 Å². The quantitative estimate of drug-likeness (QED) is 0.665. The van der Waals surface area contributed by atoms with E-state index in [-0.39, 0.29) is 11.8 Å². The smallest absolute Gasteiger partial charge is 0.220 e. The van der Waals surface area contributed by atoms with Crippen LogP contribution in [-0.2, 0) is 0 Å². The van der Waals surface area contributed by atoms with Gasteiger partial charge in [-0.25, -0.2) is 14.4 Å². The molecule has 13 heavy (non-hydrogen) atoms. The number of halogens is 1. The molecule has 2 rings (SSSR count). The summed E-state index contributed by atoms with van der Waals surface area (Å²) in [5, 5.41) is 0.829. The number of benzene rings is 1. The third kappa shape index (κ3) is 1.30. The Morgan fingerprint density at radius 1 is 1.31 bits per heavy atom. The second-order valence-corrected chi connectivity index (χ2v) is 2.83. The van der Waals surface area contributed by atoms with Crippen LogP contribution >= 0.6 is 0 Å². The lowest BCUT2D eigenvalue weighted by molar-refractivity contribution is 0.629. The zero-order valence-electron chi connectivity index (χ0n) is 7.08. The van der Waals surface area contributed by atoms with Gasteiger partial charge in [-0.2, -0.15) is 0 Å². The van der Waals surface area contributed by atoms with Crippen LogP contribution in [0.2, 0.25) is 0 Å². The van der Waals surface area contributed by atoms with Gasteiger partial charge in [0.05, 0.1) is 11.2 Å². The van der Waals surface area contributed by atoms with Crippen molar-refractivity contribution in [2.45, 2.75) is 6.92 Å². The molecule has 0 radical (unpaired) electrons. The second-order valence-electron chi connectivity index (χ2n) is 2.83. The van der Waals surface area contributed by atoms with Crippen LogP contribution < -0.4 is 5.73 Å². The van der Waals surface area contributed by atoms with Crippen molar-refractivity contribution >= 4 is 16.9 Å². The van der Waals surface area contributed by atoms with Gasteiger partial charge in [-0.15, -0.1) is 0 Å². The molecule has 1 heterocycles. The van der Waals surface area contributed by atoms with Crippen LogP contribution in [0.5, 0.6) is 0 Å². The first-order valence-electron chi connectivity index (χ1n) is 3.86. The fourth-order valence-corrected chi connectivity index (χ4v) is 1.28. The summed E-state index contributed by atoms with van der Waals surface area (Å²) in [6.45, 7) is 1.82. The molecule has 0 aliphatic rings. The molecule has 0 saturated carbocycles. The highest BCUT2D eigenvalue weighted by Gasteiger charge is 2.02. The van der Waals surface area contributed by atoms with E-state index in [0.717, 1.165) is 11.1 Å². The van der Waals surface area contributed by atoms with Crippen molar-refractivity contribution < 1.29 is 4.39 Å². The molecule has 66 valence electrons. The first kappa shape index (κ1) is 7.91. The summed E-state index contributed by atoms with van der Waals surface area (Å²) in [6, 6.07) is 4.38. The molecule has 0 bridgehead atoms. The van der Waals surface area contributed by atoms with E-state index < -0.39 is 0 Å². The first-order chi connectivity index (χ1) is 6.16. The maximum Gasteiger partial charge on any atom is 0.220 e. The number of hydrogen-bond donors (Lipinski definition) is 1. The summed E-state index contributed by atoms with van der Waals surface area (Å²) in [5.41, 5.74) is 6.74. The molecule has 1 aromatic carbocycles. The summed E-state index contributed by atoms with van der Waals surface area (Å²) in [6.07, 6.45) is 0. The summed E-state index contributed by atoms with van der Waals surface area (Å²) in [7, 11) is 0. The van der Waals surface area contributed by atoms with E-state index in [0.29, 0.717) is 5.52 Å². The molecule has 2 N–H and O–H groups in total. The Balaban J connectivity index is 2.86. The fourth-order valence-electron chi connectivity index (χ4n) is 1.28. The molecule has 0 saturated heterocycles. The lowest BCUT2D eigenvalue weighted by Crippen LogP contribution is -1.97. The minimum absolute atomic E-state index is 0.176. The Kier molecular flexibility index (Phi) is 1.62. The molecule has 4 heteroatoms. The molecule has 0 amide bonds. The third-order valence-corrected chi connectivity index (χ3v) is 1.87. The molecule has 0 fully saturated rings. The van der Waals surface area contributed by atoms with E-state index in [2.05, 4.69) is 9.97 Å². The van der Waals surface area contributed by atoms with Crippen LogP contribution in [0.3, 0.4) is 0 Å². The van der Waals surface area contributed by atoms with Crippen LogP contribution in [-0.4, -0.2) is 9.97 Å². The molecule has 0 aliphatic carbocycles. The normalized spacial score (nSPS) is 10.6. The summed E-state index contributed by atoms with van der Waals surface area (Å²) in [5.74, 6) is -0.138. The summed E-state index contributed by atoms with van der Waals surface area (Å²) >= 11 is 0. The molecular formula is C9H8FN3. The summed E-state index contributed by atoms with van der Waals surface area (Å²) < 4.78 is 12.8. The van der Waals surface area contributed by atoms with Gasteiger partial charge in [0.2, 0.25) is 5.95 Å². The Bertz CT molecular complexity index is 462. The molecule has 1 aromatic heterocycles. The van der Waals surface area contributed by atoms with E-state index >= 15 is 0 Å². The number of anilines is 1. The maximum absolute atomic E-state index is 12.8. The second kappa shape index (κ2) is 2.65. The van der Waals surface area contributed by atoms with Crippen molar-refractivity contribution in [3.8, 4) is 0 Å². The predicted octanol–water partition coefficient (Wildman–Crippen LogP) is 1.66. The van der Waals surface area contributed by atoms with Gasteiger partial charge >= 0.3 is 0 Å². The van der Waals surface area contributed by atoms with Crippen molar-refractivity contribution in [1.29, 1.82) is 0 Å². The summed E-state index contributed by atoms with van der Waals surface area (Å²) in [4.78, 5) is 7.90. The van der Waals surface area contributed by atoms with Gasteiger partial charge in [-0.3, -0.25) is 0 Å². The van der Waals surface area contributed by atoms with E-state index in [1.807, 2.05) is 6.92 Å². The zero-order chi connectivity index (χ0) is 9.42. The number of nitrogens with two attached hydrogens (primary N) is 1. The van der Waals surface area contributed by atoms with Gasteiger partial charge in [0.15, 0.2) is 0 Å². The molecule has 2 aromatic rings. The van der Waals surface area contributed by atoms with Crippen molar-refractivity contribution in [2.24, 2.45) is 0 Å². The van der Waals surface area contributed by atoms with Gasteiger partial charge in [0.1, 0.15) is 5.82 Å². The lowest BCUT2D eigenvalue weighted by Gasteiger charge is -2.01. The highest BCUT2D eigenvalue weighted by molar-refractivity contribution is 5.81. The van der Waals surface area contributed by atoms with Gasteiger partial charge < -0.3 is 5.73 Å². The Labute approximate surface area is 74.4 Å². The van der Waals surface area contributed by atoms with Crippen LogP contribution in [0, 0.1) is 12.7 Å². The van der Waals surface area contributed by atoms with Crippen molar-refractivity contribution in [3.63, 3.8) is 0 Å². The fraction of sp³-hybridized carbons (Fsp3) is 0.111. The molecule has 3 nitrogen and oxygen atoms in total. The number of hydrogen-bond acceptors (Lipinski definition) is 3. The average molecular weight is 177 g/mol. The minimum Gasteiger partial charge on any atom is -0.368 e. The van der Waals surface area contributed by atoms with E-state index in [1.54, 1.807) is 6.07 Å². The predicted molar refractivity (Wildman–Crippen MR) is 48.6 cm³/mol. The number of fused-ring (bicyclic) bond motifs is 1. The number of aromatic nitrogens is 2. The SMILES string of the molecule is Cc1nc(N)nc2cc(F)ccc12. The van der Waals surface area contributed by atoms with Crippen LogP contribution in [0.4, 0.5) is 10.3 Å². The van der Waals surface area contributed by atoms with Gasteiger partial charge in [-0.05, 0) is 19.1 Å². The van der Waals surface area contributed by atoms with Crippen molar-refractivity contribution in [1.82, 2.24) is 9.97 Å². The Morgan fingerprint density at radius 2 is 2.08 bits per heavy atom. The number of aryl methyl sites for hydroxylation is 1. The van der Waals surface area contributed by atoms with Gasteiger partial charge in [0, 0.05) is 11.5 Å². The monoisotopic (exact) mass is 177 g/mol. The van der Waals surface area contributed by atoms with Crippen LogP contribution in [0.15, 0.2) is 18.2 Å². The molecular weight excluding hydrogens is 169 g/mol. The van der Waals surface area contributed by atoms with Gasteiger partial charge in [-0.1, -0.05) is 0 Å². The third-order valence-electron chi connectivity index (χ3n) is 1.87. The van der Waals surface area contributed by atoms with E-state index in [9.17, 15) is 4.39 Å². The number of rotatable bonds is 0. The largest absolute Gasteiger partial charge is 0.368 e. The highest BCUT2D eigenvalue weighted by Crippen LogP contribution is 2.16. The minimum atomic E-state index is -0.315. The molecule has 0 atom stereocenters. The molecule has 0 unspecified atom stereocenters. The zero-order valence-corrected chi connectivity index (χ0v) is 7.08. The number of nitrogens with zero attached hydrogens (tertiary/aromatic N) is 2. The maximum atomic E-state index is 12.8. The highest BCUT2D eigenvalue weighted by atomic mass is 19.1. The van der Waals surface area contributed by atoms with E-state index in [4.69, 9.17) is 5.73 Å². The Hall–Kier alpha value is -1.71. The number of nitrogen functional groups attached to an aromatic ring is 1.